The van der Waals surface area contributed by atoms with Crippen LogP contribution in [0.15, 0.2) is 24.7 Å². The lowest BCUT2D eigenvalue weighted by molar-refractivity contribution is 0.318. The second-order valence-corrected chi connectivity index (χ2v) is 4.86. The van der Waals surface area contributed by atoms with Crippen molar-refractivity contribution in [1.29, 1.82) is 0 Å². The third kappa shape index (κ3) is 1.71. The normalized spacial score (nSPS) is 21.2. The zero-order valence-electron chi connectivity index (χ0n) is 10.3. The molecule has 3 heterocycles. The molecule has 0 saturated carbocycles. The van der Waals surface area contributed by atoms with E-state index in [1.54, 1.807) is 0 Å². The lowest BCUT2D eigenvalue weighted by Gasteiger charge is -2.21. The van der Waals surface area contributed by atoms with E-state index in [1.807, 2.05) is 18.6 Å². The summed E-state index contributed by atoms with van der Waals surface area (Å²) in [6.07, 6.45) is 8.36. The van der Waals surface area contributed by atoms with Gasteiger partial charge in [0, 0.05) is 41.1 Å². The van der Waals surface area contributed by atoms with Gasteiger partial charge < -0.3 is 0 Å². The molecule has 1 aliphatic heterocycles. The van der Waals surface area contributed by atoms with E-state index in [4.69, 9.17) is 0 Å². The van der Waals surface area contributed by atoms with Crippen LogP contribution in [0.4, 0.5) is 0 Å². The SMILES string of the molecule is Cc1ncc([C@@H]2CCCN2C)c2cnccc12. The van der Waals surface area contributed by atoms with Crippen molar-refractivity contribution >= 4 is 10.8 Å². The van der Waals surface area contributed by atoms with Gasteiger partial charge in [0.2, 0.25) is 0 Å². The number of aryl methyl sites for hydroxylation is 1. The first kappa shape index (κ1) is 10.7. The van der Waals surface area contributed by atoms with Crippen molar-refractivity contribution < 1.29 is 0 Å². The van der Waals surface area contributed by atoms with Crippen molar-refractivity contribution in [3.63, 3.8) is 0 Å². The van der Waals surface area contributed by atoms with Crippen LogP contribution in [0.3, 0.4) is 0 Å². The molecule has 88 valence electrons. The van der Waals surface area contributed by atoms with Crippen LogP contribution < -0.4 is 0 Å². The molecule has 0 spiro atoms. The van der Waals surface area contributed by atoms with Gasteiger partial charge in [0.15, 0.2) is 0 Å². The van der Waals surface area contributed by atoms with Crippen LogP contribution in [0, 0.1) is 6.92 Å². The fourth-order valence-corrected chi connectivity index (χ4v) is 2.81. The summed E-state index contributed by atoms with van der Waals surface area (Å²) in [6.45, 7) is 3.24. The monoisotopic (exact) mass is 227 g/mol. The van der Waals surface area contributed by atoms with E-state index in [1.165, 1.54) is 35.7 Å². The fourth-order valence-electron chi connectivity index (χ4n) is 2.81. The molecule has 3 rings (SSSR count). The summed E-state index contributed by atoms with van der Waals surface area (Å²) in [7, 11) is 2.19. The van der Waals surface area contributed by atoms with Crippen LogP contribution in [0.2, 0.25) is 0 Å². The largest absolute Gasteiger partial charge is 0.299 e. The van der Waals surface area contributed by atoms with E-state index in [9.17, 15) is 0 Å². The van der Waals surface area contributed by atoms with Crippen LogP contribution >= 0.6 is 0 Å². The van der Waals surface area contributed by atoms with E-state index in [0.717, 1.165) is 5.69 Å². The van der Waals surface area contributed by atoms with E-state index < -0.39 is 0 Å². The molecule has 1 atom stereocenters. The smallest absolute Gasteiger partial charge is 0.0452 e. The highest BCUT2D eigenvalue weighted by molar-refractivity contribution is 5.86. The molecule has 1 saturated heterocycles. The molecule has 3 nitrogen and oxygen atoms in total. The third-order valence-corrected chi connectivity index (χ3v) is 3.80. The van der Waals surface area contributed by atoms with E-state index >= 15 is 0 Å². The van der Waals surface area contributed by atoms with E-state index in [2.05, 4.69) is 34.9 Å². The second kappa shape index (κ2) is 4.08. The Morgan fingerprint density at radius 1 is 1.29 bits per heavy atom. The predicted octanol–water partition coefficient (Wildman–Crippen LogP) is 2.70. The first-order valence-electron chi connectivity index (χ1n) is 6.17. The first-order chi connectivity index (χ1) is 8.27. The Bertz CT molecular complexity index is 550. The minimum atomic E-state index is 0.509. The van der Waals surface area contributed by atoms with Gasteiger partial charge in [-0.05, 0) is 45.0 Å². The lowest BCUT2D eigenvalue weighted by Crippen LogP contribution is -2.18. The van der Waals surface area contributed by atoms with Gasteiger partial charge in [-0.1, -0.05) is 0 Å². The molecule has 17 heavy (non-hydrogen) atoms. The maximum Gasteiger partial charge on any atom is 0.0452 e. The Labute approximate surface area is 101 Å². The topological polar surface area (TPSA) is 29.0 Å². The van der Waals surface area contributed by atoms with Crippen molar-refractivity contribution in [2.45, 2.75) is 25.8 Å². The minimum Gasteiger partial charge on any atom is -0.299 e. The minimum absolute atomic E-state index is 0.509. The summed E-state index contributed by atoms with van der Waals surface area (Å²) in [6, 6.07) is 2.57. The molecule has 2 aromatic heterocycles. The average molecular weight is 227 g/mol. The summed E-state index contributed by atoms with van der Waals surface area (Å²) in [4.78, 5) is 11.2. The third-order valence-electron chi connectivity index (χ3n) is 3.80. The van der Waals surface area contributed by atoms with Gasteiger partial charge in [-0.3, -0.25) is 14.9 Å². The molecule has 0 radical (unpaired) electrons. The average Bonchev–Trinajstić information content (AvgIpc) is 2.77. The van der Waals surface area contributed by atoms with Gasteiger partial charge >= 0.3 is 0 Å². The molecule has 0 bridgehead atoms. The standard InChI is InChI=1S/C14H17N3/c1-10-11-5-6-15-8-12(11)13(9-16-10)14-4-3-7-17(14)2/h5-6,8-9,14H,3-4,7H2,1-2H3/t14-/m0/s1. The molecule has 0 aliphatic carbocycles. The Morgan fingerprint density at radius 3 is 2.94 bits per heavy atom. The van der Waals surface area contributed by atoms with Gasteiger partial charge in [0.25, 0.3) is 0 Å². The number of pyridine rings is 2. The molecule has 1 aliphatic rings. The highest BCUT2D eigenvalue weighted by Gasteiger charge is 2.24. The van der Waals surface area contributed by atoms with Gasteiger partial charge in [-0.15, -0.1) is 0 Å². The molecular weight excluding hydrogens is 210 g/mol. The summed E-state index contributed by atoms with van der Waals surface area (Å²) in [5, 5.41) is 2.50. The zero-order chi connectivity index (χ0) is 11.8. The summed E-state index contributed by atoms with van der Waals surface area (Å²) in [5.41, 5.74) is 2.42. The molecule has 0 unspecified atom stereocenters. The van der Waals surface area contributed by atoms with E-state index in [-0.39, 0.29) is 0 Å². The summed E-state index contributed by atoms with van der Waals surface area (Å²) in [5.74, 6) is 0. The molecule has 2 aromatic rings. The second-order valence-electron chi connectivity index (χ2n) is 4.86. The van der Waals surface area contributed by atoms with Crippen LogP contribution in [0.1, 0.15) is 30.1 Å². The van der Waals surface area contributed by atoms with E-state index in [0.29, 0.717) is 6.04 Å². The maximum atomic E-state index is 4.53. The van der Waals surface area contributed by atoms with Crippen LogP contribution in [0.25, 0.3) is 10.8 Å². The Morgan fingerprint density at radius 2 is 2.18 bits per heavy atom. The van der Waals surface area contributed by atoms with Crippen molar-refractivity contribution in [3.05, 3.63) is 35.9 Å². The van der Waals surface area contributed by atoms with Crippen molar-refractivity contribution in [3.8, 4) is 0 Å². The number of hydrogen-bond acceptors (Lipinski definition) is 3. The predicted molar refractivity (Wildman–Crippen MR) is 68.9 cm³/mol. The summed E-state index contributed by atoms with van der Waals surface area (Å²) >= 11 is 0. The van der Waals surface area contributed by atoms with Gasteiger partial charge in [0.1, 0.15) is 0 Å². The van der Waals surface area contributed by atoms with Crippen LogP contribution in [-0.2, 0) is 0 Å². The number of hydrogen-bond donors (Lipinski definition) is 0. The molecule has 3 heteroatoms. The molecular formula is C14H17N3. The van der Waals surface area contributed by atoms with Crippen molar-refractivity contribution in [2.24, 2.45) is 0 Å². The van der Waals surface area contributed by atoms with Crippen LogP contribution in [-0.4, -0.2) is 28.5 Å². The first-order valence-corrected chi connectivity index (χ1v) is 6.17. The molecule has 0 amide bonds. The number of rotatable bonds is 1. The number of likely N-dealkylation sites (tertiary alicyclic amines) is 1. The fraction of sp³-hybridized carbons (Fsp3) is 0.429. The summed E-state index contributed by atoms with van der Waals surface area (Å²) < 4.78 is 0. The van der Waals surface area contributed by atoms with Gasteiger partial charge in [-0.25, -0.2) is 0 Å². The van der Waals surface area contributed by atoms with Gasteiger partial charge in [-0.2, -0.15) is 0 Å². The highest BCUT2D eigenvalue weighted by Crippen LogP contribution is 2.34. The Balaban J connectivity index is 2.20. The Hall–Kier alpha value is -1.48. The number of aromatic nitrogens is 2. The zero-order valence-corrected chi connectivity index (χ0v) is 10.3. The maximum absolute atomic E-state index is 4.53. The number of fused-ring (bicyclic) bond motifs is 1. The molecule has 0 aromatic carbocycles. The van der Waals surface area contributed by atoms with Gasteiger partial charge in [0.05, 0.1) is 0 Å². The number of nitrogens with zero attached hydrogens (tertiary/aromatic N) is 3. The van der Waals surface area contributed by atoms with Crippen LogP contribution in [0.5, 0.6) is 0 Å². The van der Waals surface area contributed by atoms with Crippen molar-refractivity contribution in [1.82, 2.24) is 14.9 Å². The molecule has 1 fully saturated rings. The highest BCUT2D eigenvalue weighted by atomic mass is 15.1. The lowest BCUT2D eigenvalue weighted by atomic mass is 10.00. The Kier molecular flexibility index (Phi) is 2.56. The van der Waals surface area contributed by atoms with Crippen molar-refractivity contribution in [2.75, 3.05) is 13.6 Å². The quantitative estimate of drug-likeness (QED) is 0.750. The molecule has 0 N–H and O–H groups in total.